The monoisotopic (exact) mass is 427 g/mol. The number of hydrogen-bond donors (Lipinski definition) is 1. The summed E-state index contributed by atoms with van der Waals surface area (Å²) in [5, 5.41) is 13.6. The summed E-state index contributed by atoms with van der Waals surface area (Å²) in [6.07, 6.45) is 7.20. The van der Waals surface area contributed by atoms with Gasteiger partial charge in [0, 0.05) is 36.9 Å². The Kier molecular flexibility index (Phi) is 5.36. The molecule has 1 N–H and O–H groups in total. The van der Waals surface area contributed by atoms with Crippen molar-refractivity contribution in [2.75, 3.05) is 18.0 Å². The summed E-state index contributed by atoms with van der Waals surface area (Å²) in [5.41, 5.74) is 3.02. The molecule has 1 fully saturated rings. The molecule has 1 atom stereocenters. The van der Waals surface area contributed by atoms with Crippen LogP contribution in [-0.4, -0.2) is 50.0 Å². The number of hydrogen-bond acceptors (Lipinski definition) is 6. The molecule has 8 heteroatoms. The molecule has 4 aromatic rings. The maximum Gasteiger partial charge on any atom is 0.278 e. The number of amides is 1. The highest BCUT2D eigenvalue weighted by molar-refractivity contribution is 6.10. The lowest BCUT2D eigenvalue weighted by Gasteiger charge is -2.34. The van der Waals surface area contributed by atoms with Crippen molar-refractivity contribution >= 4 is 22.5 Å². The minimum atomic E-state index is -0.146. The van der Waals surface area contributed by atoms with Gasteiger partial charge in [0.1, 0.15) is 17.2 Å². The third-order valence-corrected chi connectivity index (χ3v) is 5.94. The molecule has 0 spiro atoms. The van der Waals surface area contributed by atoms with E-state index in [-0.39, 0.29) is 11.9 Å². The van der Waals surface area contributed by atoms with Crippen LogP contribution in [0.3, 0.4) is 0 Å². The second-order valence-electron chi connectivity index (χ2n) is 8.19. The highest BCUT2D eigenvalue weighted by atomic mass is 16.2. The first-order valence-electron chi connectivity index (χ1n) is 10.8. The lowest BCUT2D eigenvalue weighted by atomic mass is 10.0. The smallest absolute Gasteiger partial charge is 0.278 e. The number of aryl methyl sites for hydroxylation is 2. The summed E-state index contributed by atoms with van der Waals surface area (Å²) in [6.45, 7) is 3.75. The summed E-state index contributed by atoms with van der Waals surface area (Å²) in [5.74, 6) is 0.548. The van der Waals surface area contributed by atoms with Gasteiger partial charge in [-0.05, 0) is 55.5 Å². The van der Waals surface area contributed by atoms with Gasteiger partial charge in [0.15, 0.2) is 0 Å². The average molecular weight is 428 g/mol. The minimum absolute atomic E-state index is 0.00965. The first-order valence-corrected chi connectivity index (χ1v) is 10.8. The van der Waals surface area contributed by atoms with Gasteiger partial charge >= 0.3 is 0 Å². The summed E-state index contributed by atoms with van der Waals surface area (Å²) >= 11 is 0. The molecular weight excluding hydrogens is 402 g/mol. The molecule has 8 nitrogen and oxygen atoms in total. The van der Waals surface area contributed by atoms with Crippen molar-refractivity contribution in [3.05, 3.63) is 66.2 Å². The zero-order valence-electron chi connectivity index (χ0n) is 18.2. The van der Waals surface area contributed by atoms with Crippen molar-refractivity contribution in [2.45, 2.75) is 25.8 Å². The zero-order valence-corrected chi connectivity index (χ0v) is 18.2. The van der Waals surface area contributed by atoms with Crippen molar-refractivity contribution in [3.8, 4) is 11.3 Å². The fourth-order valence-electron chi connectivity index (χ4n) is 4.33. The number of carbonyl (C=O) groups is 1. The Bertz CT molecular complexity index is 1250. The van der Waals surface area contributed by atoms with Gasteiger partial charge in [-0.3, -0.25) is 19.4 Å². The second-order valence-corrected chi connectivity index (χ2v) is 8.19. The maximum absolute atomic E-state index is 13.8. The van der Waals surface area contributed by atoms with Gasteiger partial charge in [-0.1, -0.05) is 23.4 Å². The van der Waals surface area contributed by atoms with Gasteiger partial charge in [0.05, 0.1) is 12.2 Å². The predicted molar refractivity (Wildman–Crippen MR) is 123 cm³/mol. The fourth-order valence-corrected chi connectivity index (χ4v) is 4.33. The Hall–Kier alpha value is -3.65. The van der Waals surface area contributed by atoms with E-state index < -0.39 is 0 Å². The molecule has 0 unspecified atom stereocenters. The second kappa shape index (κ2) is 8.47. The van der Waals surface area contributed by atoms with E-state index in [1.807, 2.05) is 36.3 Å². The summed E-state index contributed by atoms with van der Waals surface area (Å²) in [6, 6.07) is 11.8. The molecule has 1 aromatic carbocycles. The largest absolute Gasteiger partial charge is 0.315 e. The Morgan fingerprint density at radius 3 is 2.81 bits per heavy atom. The number of aromatic nitrogens is 5. The summed E-state index contributed by atoms with van der Waals surface area (Å²) in [7, 11) is 1.82. The molecule has 32 heavy (non-hydrogen) atoms. The molecule has 5 rings (SSSR count). The number of anilines is 1. The number of carbonyl (C=O) groups excluding carboxylic acids is 1. The molecule has 0 aliphatic carbocycles. The highest BCUT2D eigenvalue weighted by Gasteiger charge is 2.31. The van der Waals surface area contributed by atoms with Crippen LogP contribution in [0.25, 0.3) is 22.0 Å². The summed E-state index contributed by atoms with van der Waals surface area (Å²) in [4.78, 5) is 24.8. The molecule has 1 amide bonds. The third-order valence-electron chi connectivity index (χ3n) is 5.94. The van der Waals surface area contributed by atoms with E-state index in [4.69, 9.17) is 0 Å². The van der Waals surface area contributed by atoms with E-state index >= 15 is 0 Å². The SMILES string of the molecule is Cc1cccc2ccnc(N(C(=O)c3ccc(-c4cn(C)nn4)cn3)[C@@H]3CCCNC3)c12. The van der Waals surface area contributed by atoms with Crippen molar-refractivity contribution < 1.29 is 4.79 Å². The molecule has 1 aliphatic heterocycles. The van der Waals surface area contributed by atoms with Crippen LogP contribution in [0.15, 0.2) is 55.0 Å². The number of fused-ring (bicyclic) bond motifs is 1. The molecule has 162 valence electrons. The van der Waals surface area contributed by atoms with E-state index in [0.29, 0.717) is 11.5 Å². The molecule has 3 aromatic heterocycles. The van der Waals surface area contributed by atoms with E-state index in [9.17, 15) is 4.79 Å². The quantitative estimate of drug-likeness (QED) is 0.538. The molecule has 0 bridgehead atoms. The predicted octanol–water partition coefficient (Wildman–Crippen LogP) is 3.13. The maximum atomic E-state index is 13.8. The highest BCUT2D eigenvalue weighted by Crippen LogP contribution is 2.31. The average Bonchev–Trinajstić information content (AvgIpc) is 3.26. The van der Waals surface area contributed by atoms with Crippen LogP contribution < -0.4 is 10.2 Å². The molecule has 1 aliphatic rings. The number of nitrogens with zero attached hydrogens (tertiary/aromatic N) is 6. The molecule has 1 saturated heterocycles. The Morgan fingerprint density at radius 2 is 2.09 bits per heavy atom. The number of nitrogens with one attached hydrogen (secondary N) is 1. The normalized spacial score (nSPS) is 16.2. The summed E-state index contributed by atoms with van der Waals surface area (Å²) < 4.78 is 1.64. The van der Waals surface area contributed by atoms with Crippen molar-refractivity contribution in [2.24, 2.45) is 7.05 Å². The number of piperidine rings is 1. The van der Waals surface area contributed by atoms with Crippen LogP contribution in [0, 0.1) is 6.92 Å². The number of pyridine rings is 2. The zero-order chi connectivity index (χ0) is 22.1. The first-order chi connectivity index (χ1) is 15.6. The number of benzene rings is 1. The molecule has 4 heterocycles. The third kappa shape index (κ3) is 3.73. The fraction of sp³-hybridized carbons (Fsp3) is 0.292. The van der Waals surface area contributed by atoms with Gasteiger partial charge in [-0.25, -0.2) is 4.98 Å². The van der Waals surface area contributed by atoms with E-state index in [2.05, 4.69) is 44.7 Å². The van der Waals surface area contributed by atoms with Gasteiger partial charge < -0.3 is 5.32 Å². The Labute approximate surface area is 186 Å². The number of rotatable bonds is 4. The van der Waals surface area contributed by atoms with Crippen LogP contribution >= 0.6 is 0 Å². The van der Waals surface area contributed by atoms with Crippen LogP contribution in [0.1, 0.15) is 28.9 Å². The van der Waals surface area contributed by atoms with Gasteiger partial charge in [-0.2, -0.15) is 0 Å². The van der Waals surface area contributed by atoms with Gasteiger partial charge in [-0.15, -0.1) is 5.10 Å². The van der Waals surface area contributed by atoms with Crippen molar-refractivity contribution in [3.63, 3.8) is 0 Å². The molecule has 0 radical (unpaired) electrons. The van der Waals surface area contributed by atoms with E-state index in [1.165, 1.54) is 0 Å². The van der Waals surface area contributed by atoms with Gasteiger partial charge in [0.25, 0.3) is 5.91 Å². The Balaban J connectivity index is 1.57. The molecular formula is C24H25N7O. The van der Waals surface area contributed by atoms with Crippen LogP contribution in [0.2, 0.25) is 0 Å². The van der Waals surface area contributed by atoms with Gasteiger partial charge in [0.2, 0.25) is 0 Å². The van der Waals surface area contributed by atoms with Crippen molar-refractivity contribution in [1.29, 1.82) is 0 Å². The topological polar surface area (TPSA) is 88.8 Å². The van der Waals surface area contributed by atoms with Crippen LogP contribution in [0.4, 0.5) is 5.82 Å². The van der Waals surface area contributed by atoms with Crippen molar-refractivity contribution in [1.82, 2.24) is 30.3 Å². The standard InChI is InChI=1S/C24H25N7O/c1-16-5-3-6-17-10-12-26-23(22(16)17)31(19-7-4-11-25-14-19)24(32)20-9-8-18(13-27-20)21-15-30(2)29-28-21/h3,5-6,8-10,12-13,15,19,25H,4,7,11,14H2,1-2H3/t19-/m1/s1. The lowest BCUT2D eigenvalue weighted by Crippen LogP contribution is -2.49. The van der Waals surface area contributed by atoms with E-state index in [0.717, 1.165) is 53.5 Å². The molecule has 0 saturated carbocycles. The first kappa shape index (κ1) is 20.3. The Morgan fingerprint density at radius 1 is 1.19 bits per heavy atom. The van der Waals surface area contributed by atoms with E-state index in [1.54, 1.807) is 23.1 Å². The lowest BCUT2D eigenvalue weighted by molar-refractivity contribution is 0.0967. The van der Waals surface area contributed by atoms with Crippen LogP contribution in [0.5, 0.6) is 0 Å². The van der Waals surface area contributed by atoms with Crippen LogP contribution in [-0.2, 0) is 7.05 Å². The minimum Gasteiger partial charge on any atom is -0.315 e.